The topological polar surface area (TPSA) is 97.2 Å². The standard InChI is InChI=1S/C15H15N5O3/c21-13(5-7-20-14(22)3-4-15(20)23)18-11-1-2-12(17-9-11)19-8-6-16-10-19/h1-2,6,8-10H,3-5,7H2,(H,18,21). The van der Waals surface area contributed by atoms with Crippen LogP contribution >= 0.6 is 0 Å². The highest BCUT2D eigenvalue weighted by Gasteiger charge is 2.28. The Morgan fingerprint density at radius 3 is 2.61 bits per heavy atom. The predicted octanol–water partition coefficient (Wildman–Crippen LogP) is 0.745. The van der Waals surface area contributed by atoms with Crippen molar-refractivity contribution in [2.24, 2.45) is 0 Å². The fourth-order valence-corrected chi connectivity index (χ4v) is 2.32. The van der Waals surface area contributed by atoms with E-state index >= 15 is 0 Å². The second-order valence-corrected chi connectivity index (χ2v) is 5.11. The summed E-state index contributed by atoms with van der Waals surface area (Å²) in [7, 11) is 0. The molecule has 3 heterocycles. The Balaban J connectivity index is 1.54. The molecule has 1 N–H and O–H groups in total. The number of pyridine rings is 1. The van der Waals surface area contributed by atoms with E-state index in [9.17, 15) is 14.4 Å². The molecule has 0 atom stereocenters. The number of amides is 3. The predicted molar refractivity (Wildman–Crippen MR) is 80.6 cm³/mol. The van der Waals surface area contributed by atoms with E-state index in [0.29, 0.717) is 11.5 Å². The normalized spacial score (nSPS) is 14.3. The van der Waals surface area contributed by atoms with Crippen LogP contribution in [0.3, 0.4) is 0 Å². The highest BCUT2D eigenvalue weighted by atomic mass is 16.2. The summed E-state index contributed by atoms with van der Waals surface area (Å²) in [6.07, 6.45) is 7.13. The van der Waals surface area contributed by atoms with Crippen molar-refractivity contribution in [3.05, 3.63) is 37.1 Å². The fraction of sp³-hybridized carbons (Fsp3) is 0.267. The van der Waals surface area contributed by atoms with Gasteiger partial charge in [-0.25, -0.2) is 9.97 Å². The summed E-state index contributed by atoms with van der Waals surface area (Å²) in [6.45, 7) is 0.115. The van der Waals surface area contributed by atoms with Crippen LogP contribution < -0.4 is 5.32 Å². The van der Waals surface area contributed by atoms with Gasteiger partial charge in [-0.05, 0) is 12.1 Å². The molecule has 0 spiro atoms. The van der Waals surface area contributed by atoms with E-state index in [4.69, 9.17) is 0 Å². The van der Waals surface area contributed by atoms with E-state index in [1.54, 1.807) is 41.6 Å². The molecule has 1 aliphatic heterocycles. The van der Waals surface area contributed by atoms with Gasteiger partial charge in [0, 0.05) is 38.2 Å². The van der Waals surface area contributed by atoms with Crippen molar-refractivity contribution in [1.29, 1.82) is 0 Å². The quantitative estimate of drug-likeness (QED) is 0.821. The molecule has 3 rings (SSSR count). The van der Waals surface area contributed by atoms with Crippen LogP contribution in [0, 0.1) is 0 Å². The molecular formula is C15H15N5O3. The van der Waals surface area contributed by atoms with E-state index in [-0.39, 0.29) is 43.5 Å². The van der Waals surface area contributed by atoms with Gasteiger partial charge in [-0.2, -0.15) is 0 Å². The number of nitrogens with one attached hydrogen (secondary N) is 1. The van der Waals surface area contributed by atoms with Crippen molar-refractivity contribution in [3.8, 4) is 5.82 Å². The van der Waals surface area contributed by atoms with Crippen molar-refractivity contribution >= 4 is 23.4 Å². The second kappa shape index (κ2) is 6.39. The van der Waals surface area contributed by atoms with Crippen LogP contribution in [0.4, 0.5) is 5.69 Å². The second-order valence-electron chi connectivity index (χ2n) is 5.11. The number of rotatable bonds is 5. The highest BCUT2D eigenvalue weighted by molar-refractivity contribution is 6.02. The van der Waals surface area contributed by atoms with Crippen LogP contribution in [0.25, 0.3) is 5.82 Å². The van der Waals surface area contributed by atoms with E-state index in [1.807, 2.05) is 0 Å². The first-order chi connectivity index (χ1) is 11.1. The number of imidazole rings is 1. The zero-order valence-electron chi connectivity index (χ0n) is 12.3. The summed E-state index contributed by atoms with van der Waals surface area (Å²) in [5.41, 5.74) is 0.554. The Morgan fingerprint density at radius 1 is 1.22 bits per heavy atom. The largest absolute Gasteiger partial charge is 0.325 e. The van der Waals surface area contributed by atoms with E-state index in [1.165, 1.54) is 0 Å². The third-order valence-electron chi connectivity index (χ3n) is 3.52. The maximum Gasteiger partial charge on any atom is 0.229 e. The van der Waals surface area contributed by atoms with Gasteiger partial charge in [0.05, 0.1) is 11.9 Å². The lowest BCUT2D eigenvalue weighted by molar-refractivity contribution is -0.138. The fourth-order valence-electron chi connectivity index (χ4n) is 2.32. The Morgan fingerprint density at radius 2 is 2.00 bits per heavy atom. The van der Waals surface area contributed by atoms with Crippen molar-refractivity contribution < 1.29 is 14.4 Å². The smallest absolute Gasteiger partial charge is 0.229 e. The Hall–Kier alpha value is -3.03. The van der Waals surface area contributed by atoms with Gasteiger partial charge in [-0.3, -0.25) is 23.9 Å². The molecule has 0 bridgehead atoms. The number of anilines is 1. The van der Waals surface area contributed by atoms with Crippen LogP contribution in [-0.2, 0) is 14.4 Å². The van der Waals surface area contributed by atoms with Gasteiger partial charge in [0.15, 0.2) is 0 Å². The minimum atomic E-state index is -0.269. The number of hydrogen-bond donors (Lipinski definition) is 1. The lowest BCUT2D eigenvalue weighted by Gasteiger charge is -2.13. The van der Waals surface area contributed by atoms with Gasteiger partial charge < -0.3 is 5.32 Å². The number of likely N-dealkylation sites (tertiary alicyclic amines) is 1. The Bertz CT molecular complexity index is 708. The summed E-state index contributed by atoms with van der Waals surface area (Å²) in [4.78, 5) is 44.1. The zero-order chi connectivity index (χ0) is 16.2. The Kier molecular flexibility index (Phi) is 4.13. The molecule has 0 aromatic carbocycles. The first-order valence-corrected chi connectivity index (χ1v) is 7.21. The van der Waals surface area contributed by atoms with Crippen LogP contribution in [0.1, 0.15) is 19.3 Å². The molecule has 0 unspecified atom stereocenters. The molecule has 8 nitrogen and oxygen atoms in total. The minimum absolute atomic E-state index is 0.0702. The lowest BCUT2D eigenvalue weighted by atomic mass is 10.3. The van der Waals surface area contributed by atoms with Gasteiger partial charge in [0.25, 0.3) is 0 Å². The lowest BCUT2D eigenvalue weighted by Crippen LogP contribution is -2.32. The first-order valence-electron chi connectivity index (χ1n) is 7.21. The van der Waals surface area contributed by atoms with E-state index < -0.39 is 0 Å². The molecule has 1 aliphatic rings. The number of nitrogens with zero attached hydrogens (tertiary/aromatic N) is 4. The van der Waals surface area contributed by atoms with Gasteiger partial charge in [0.2, 0.25) is 17.7 Å². The zero-order valence-corrected chi connectivity index (χ0v) is 12.3. The summed E-state index contributed by atoms with van der Waals surface area (Å²) >= 11 is 0. The van der Waals surface area contributed by atoms with Crippen LogP contribution in [0.2, 0.25) is 0 Å². The maximum absolute atomic E-state index is 11.9. The molecule has 0 saturated carbocycles. The first kappa shape index (κ1) is 14.9. The van der Waals surface area contributed by atoms with Gasteiger partial charge in [-0.1, -0.05) is 0 Å². The molecule has 1 fully saturated rings. The average molecular weight is 313 g/mol. The molecule has 0 aliphatic carbocycles. The number of imide groups is 1. The summed E-state index contributed by atoms with van der Waals surface area (Å²) in [5, 5.41) is 2.69. The summed E-state index contributed by atoms with van der Waals surface area (Å²) in [6, 6.07) is 3.48. The van der Waals surface area contributed by atoms with Gasteiger partial charge >= 0.3 is 0 Å². The van der Waals surface area contributed by atoms with Crippen molar-refractivity contribution in [3.63, 3.8) is 0 Å². The molecule has 118 valence electrons. The molecule has 2 aromatic rings. The molecule has 8 heteroatoms. The van der Waals surface area contributed by atoms with Gasteiger partial charge in [-0.15, -0.1) is 0 Å². The van der Waals surface area contributed by atoms with Gasteiger partial charge in [0.1, 0.15) is 12.1 Å². The molecule has 23 heavy (non-hydrogen) atoms. The number of aromatic nitrogens is 3. The molecule has 2 aromatic heterocycles. The maximum atomic E-state index is 11.9. The molecular weight excluding hydrogens is 298 g/mol. The monoisotopic (exact) mass is 313 g/mol. The highest BCUT2D eigenvalue weighted by Crippen LogP contribution is 2.13. The number of hydrogen-bond acceptors (Lipinski definition) is 5. The SMILES string of the molecule is O=C(CCN1C(=O)CCC1=O)Nc1ccc(-n2ccnc2)nc1. The van der Waals surface area contributed by atoms with Crippen molar-refractivity contribution in [1.82, 2.24) is 19.4 Å². The van der Waals surface area contributed by atoms with Crippen LogP contribution in [-0.4, -0.2) is 43.7 Å². The van der Waals surface area contributed by atoms with Crippen molar-refractivity contribution in [2.75, 3.05) is 11.9 Å². The minimum Gasteiger partial charge on any atom is -0.325 e. The third kappa shape index (κ3) is 3.42. The van der Waals surface area contributed by atoms with Crippen LogP contribution in [0.5, 0.6) is 0 Å². The number of carbonyl (C=O) groups excluding carboxylic acids is 3. The Labute approximate surface area is 132 Å². The molecule has 0 radical (unpaired) electrons. The summed E-state index contributed by atoms with van der Waals surface area (Å²) < 4.78 is 1.75. The number of carbonyl (C=O) groups is 3. The van der Waals surface area contributed by atoms with Crippen LogP contribution in [0.15, 0.2) is 37.1 Å². The molecule has 1 saturated heterocycles. The van der Waals surface area contributed by atoms with Crippen molar-refractivity contribution in [2.45, 2.75) is 19.3 Å². The van der Waals surface area contributed by atoms with E-state index in [2.05, 4.69) is 15.3 Å². The summed E-state index contributed by atoms with van der Waals surface area (Å²) in [5.74, 6) is -0.00765. The average Bonchev–Trinajstić information content (AvgIpc) is 3.17. The molecule has 3 amide bonds. The van der Waals surface area contributed by atoms with E-state index in [0.717, 1.165) is 4.90 Å². The third-order valence-corrected chi connectivity index (χ3v) is 3.52.